The van der Waals surface area contributed by atoms with Gasteiger partial charge in [0.05, 0.1) is 22.9 Å². The predicted octanol–water partition coefficient (Wildman–Crippen LogP) is 6.39. The van der Waals surface area contributed by atoms with Gasteiger partial charge < -0.3 is 15.4 Å². The van der Waals surface area contributed by atoms with Crippen molar-refractivity contribution in [2.24, 2.45) is 0 Å². The third-order valence-electron chi connectivity index (χ3n) is 4.84. The average molecular weight is 494 g/mol. The van der Waals surface area contributed by atoms with Crippen LogP contribution in [0.4, 0.5) is 11.6 Å². The molecule has 0 radical (unpaired) electrons. The predicted molar refractivity (Wildman–Crippen MR) is 145 cm³/mol. The van der Waals surface area contributed by atoms with Crippen molar-refractivity contribution in [1.29, 1.82) is 0 Å². The van der Waals surface area contributed by atoms with E-state index in [9.17, 15) is 4.79 Å². The summed E-state index contributed by atoms with van der Waals surface area (Å²) in [5.41, 5.74) is 2.75. The number of pyridine rings is 2. The first-order valence-corrected chi connectivity index (χ1v) is 12.7. The molecular weight excluding hydrogens is 458 g/mol. The summed E-state index contributed by atoms with van der Waals surface area (Å²) >= 11 is 1.57. The summed E-state index contributed by atoms with van der Waals surface area (Å²) in [7, 11) is 1.62. The molecule has 8 heteroatoms. The fourth-order valence-electron chi connectivity index (χ4n) is 3.18. The van der Waals surface area contributed by atoms with Gasteiger partial charge in [-0.3, -0.25) is 4.79 Å². The van der Waals surface area contributed by atoms with E-state index < -0.39 is 0 Å². The van der Waals surface area contributed by atoms with Gasteiger partial charge in [0.15, 0.2) is 0 Å². The Morgan fingerprint density at radius 3 is 2.66 bits per heavy atom. The number of aromatic nitrogens is 3. The van der Waals surface area contributed by atoms with Crippen molar-refractivity contribution < 1.29 is 9.53 Å². The van der Waals surface area contributed by atoms with Gasteiger partial charge in [0.25, 0.3) is 0 Å². The van der Waals surface area contributed by atoms with Crippen molar-refractivity contribution in [2.75, 3.05) is 19.0 Å². The average Bonchev–Trinajstić information content (AvgIpc) is 3.38. The van der Waals surface area contributed by atoms with E-state index >= 15 is 0 Å². The maximum absolute atomic E-state index is 11.8. The summed E-state index contributed by atoms with van der Waals surface area (Å²) in [5.74, 6) is 1.91. The molecule has 1 amide bonds. The zero-order valence-corrected chi connectivity index (χ0v) is 22.2. The normalized spacial score (nSPS) is 14.3. The fourth-order valence-corrected chi connectivity index (χ4v) is 4.13. The van der Waals surface area contributed by atoms with Gasteiger partial charge in [-0.2, -0.15) is 0 Å². The van der Waals surface area contributed by atoms with Crippen LogP contribution in [0.25, 0.3) is 10.6 Å². The first-order valence-electron chi connectivity index (χ1n) is 11.9. The number of carbonyl (C=O) groups is 1. The van der Waals surface area contributed by atoms with Gasteiger partial charge in [0, 0.05) is 19.4 Å². The van der Waals surface area contributed by atoms with Crippen LogP contribution in [0.1, 0.15) is 50.6 Å². The smallest absolute Gasteiger partial charge is 0.224 e. The number of rotatable bonds is 6. The number of nitrogens with zero attached hydrogens (tertiary/aromatic N) is 3. The zero-order valence-electron chi connectivity index (χ0n) is 21.4. The molecule has 186 valence electrons. The van der Waals surface area contributed by atoms with Crippen LogP contribution in [0.5, 0.6) is 0 Å². The summed E-state index contributed by atoms with van der Waals surface area (Å²) in [6.45, 7) is 14.4. The quantitative estimate of drug-likeness (QED) is 0.413. The number of anilines is 2. The second-order valence-corrected chi connectivity index (χ2v) is 8.26. The Balaban J connectivity index is 0.00000103. The number of nitrogens with one attached hydrogen (secondary N) is 2. The van der Waals surface area contributed by atoms with E-state index in [1.54, 1.807) is 24.6 Å². The van der Waals surface area contributed by atoms with Gasteiger partial charge in [-0.05, 0) is 42.3 Å². The lowest BCUT2D eigenvalue weighted by Gasteiger charge is -2.22. The van der Waals surface area contributed by atoms with Crippen LogP contribution in [0.15, 0.2) is 66.7 Å². The third-order valence-corrected chi connectivity index (χ3v) is 5.99. The monoisotopic (exact) mass is 493 g/mol. The minimum Gasteiger partial charge on any atom is -0.493 e. The summed E-state index contributed by atoms with van der Waals surface area (Å²) in [5, 5.41) is 6.79. The second-order valence-electron chi connectivity index (χ2n) is 7.20. The van der Waals surface area contributed by atoms with E-state index in [0.29, 0.717) is 12.4 Å². The minimum atomic E-state index is -0.0758. The third kappa shape index (κ3) is 7.75. The Morgan fingerprint density at radius 2 is 1.94 bits per heavy atom. The lowest BCUT2D eigenvalue weighted by atomic mass is 10.0. The van der Waals surface area contributed by atoms with E-state index in [-0.39, 0.29) is 18.2 Å². The Labute approximate surface area is 212 Å². The zero-order chi connectivity index (χ0) is 25.8. The molecule has 0 saturated heterocycles. The van der Waals surface area contributed by atoms with Gasteiger partial charge >= 0.3 is 0 Å². The molecule has 1 aliphatic rings. The van der Waals surface area contributed by atoms with Gasteiger partial charge in [0.1, 0.15) is 29.0 Å². The van der Waals surface area contributed by atoms with E-state index in [1.165, 1.54) is 0 Å². The van der Waals surface area contributed by atoms with Crippen molar-refractivity contribution in [1.82, 2.24) is 20.3 Å². The number of ether oxygens (including phenoxy) is 1. The van der Waals surface area contributed by atoms with Crippen LogP contribution in [0.2, 0.25) is 0 Å². The first kappa shape index (κ1) is 27.7. The topological polar surface area (TPSA) is 89.0 Å². The largest absolute Gasteiger partial charge is 0.493 e. The lowest BCUT2D eigenvalue weighted by Crippen LogP contribution is -2.21. The van der Waals surface area contributed by atoms with Crippen LogP contribution in [0, 0.1) is 6.92 Å². The molecule has 2 N–H and O–H groups in total. The van der Waals surface area contributed by atoms with Crippen molar-refractivity contribution in [2.45, 2.75) is 47.0 Å². The highest BCUT2D eigenvalue weighted by molar-refractivity contribution is 7.15. The van der Waals surface area contributed by atoms with E-state index in [2.05, 4.69) is 27.2 Å². The molecule has 0 aromatic carbocycles. The van der Waals surface area contributed by atoms with Gasteiger partial charge in [-0.25, -0.2) is 15.0 Å². The molecule has 0 fully saturated rings. The summed E-state index contributed by atoms with van der Waals surface area (Å²) < 4.78 is 5.70. The van der Waals surface area contributed by atoms with Crippen LogP contribution in [0.3, 0.4) is 0 Å². The second kappa shape index (κ2) is 14.0. The van der Waals surface area contributed by atoms with Gasteiger partial charge in [0.2, 0.25) is 5.91 Å². The van der Waals surface area contributed by atoms with Crippen LogP contribution in [-0.4, -0.2) is 34.5 Å². The number of thiazole rings is 1. The molecule has 35 heavy (non-hydrogen) atoms. The molecule has 0 spiro atoms. The Bertz CT molecular complexity index is 1160. The molecule has 0 aliphatic carbocycles. The molecule has 0 bridgehead atoms. The highest BCUT2D eigenvalue weighted by atomic mass is 32.1. The van der Waals surface area contributed by atoms with E-state index in [1.807, 2.05) is 77.2 Å². The van der Waals surface area contributed by atoms with Crippen LogP contribution in [-0.2, 0) is 9.53 Å². The highest BCUT2D eigenvalue weighted by Crippen LogP contribution is 2.35. The van der Waals surface area contributed by atoms with Gasteiger partial charge in [-0.15, -0.1) is 11.3 Å². The molecule has 1 atom stereocenters. The molecule has 3 aromatic heterocycles. The Morgan fingerprint density at radius 1 is 1.17 bits per heavy atom. The molecule has 3 aromatic rings. The molecule has 0 saturated carbocycles. The number of hydrogen-bond donors (Lipinski definition) is 2. The number of hydrogen-bond acceptors (Lipinski definition) is 7. The molecule has 4 heterocycles. The maximum atomic E-state index is 11.8. The Hall–Kier alpha value is -3.52. The standard InChI is InChI=1S/C23H23N5O2S.2C2H6/c1-14-7-8-25-21(9-14)28-20-6-4-5-18(27-20)19-12-26-23(31-19)17-10-16(11-22(29)24-3)15(2)30-13-17;2*1-2/h4-10,12,17H,2,11,13H2,1,3H3,(H,24,29)(H,25,27,28);2*1-2H3/t17-;;/m0../s1. The SMILES string of the molecule is C=C1OC[C@@H](c2ncc(-c3cccc(Nc4cc(C)ccn4)n3)s2)C=C1CC(=O)NC.CC.CC. The number of carbonyl (C=O) groups excluding carboxylic acids is 1. The molecule has 1 aliphatic heterocycles. The Kier molecular flexibility index (Phi) is 11.1. The van der Waals surface area contributed by atoms with Crippen molar-refractivity contribution in [3.05, 3.63) is 77.3 Å². The molecule has 4 rings (SSSR count). The van der Waals surface area contributed by atoms with Crippen molar-refractivity contribution in [3.8, 4) is 10.6 Å². The molecule has 0 unspecified atom stereocenters. The van der Waals surface area contributed by atoms with Gasteiger partial charge in [-0.1, -0.05) is 46.4 Å². The van der Waals surface area contributed by atoms with Crippen LogP contribution < -0.4 is 10.6 Å². The maximum Gasteiger partial charge on any atom is 0.224 e. The minimum absolute atomic E-state index is 0.0262. The summed E-state index contributed by atoms with van der Waals surface area (Å²) in [6.07, 6.45) is 5.86. The lowest BCUT2D eigenvalue weighted by molar-refractivity contribution is -0.120. The fraction of sp³-hybridized carbons (Fsp3) is 0.333. The molecule has 7 nitrogen and oxygen atoms in total. The van der Waals surface area contributed by atoms with Crippen molar-refractivity contribution >= 4 is 28.9 Å². The van der Waals surface area contributed by atoms with E-state index in [0.717, 1.165) is 38.4 Å². The summed E-state index contributed by atoms with van der Waals surface area (Å²) in [6, 6.07) is 9.74. The number of allylic oxidation sites excluding steroid dienone is 1. The van der Waals surface area contributed by atoms with Crippen molar-refractivity contribution in [3.63, 3.8) is 0 Å². The molecular formula is C27H35N5O2S. The van der Waals surface area contributed by atoms with E-state index in [4.69, 9.17) is 9.72 Å². The number of aryl methyl sites for hydroxylation is 1. The highest BCUT2D eigenvalue weighted by Gasteiger charge is 2.23. The van der Waals surface area contributed by atoms with Crippen LogP contribution >= 0.6 is 11.3 Å². The summed E-state index contributed by atoms with van der Waals surface area (Å²) in [4.78, 5) is 26.3. The number of amides is 1. The first-order chi connectivity index (χ1) is 17.0.